The van der Waals surface area contributed by atoms with Crippen molar-refractivity contribution in [3.8, 4) is 0 Å². The molecule has 0 aliphatic carbocycles. The van der Waals surface area contributed by atoms with Gasteiger partial charge in [-0.1, -0.05) is 0 Å². The van der Waals surface area contributed by atoms with E-state index in [9.17, 15) is 0 Å². The van der Waals surface area contributed by atoms with Crippen LogP contribution in [-0.4, -0.2) is 49.0 Å². The van der Waals surface area contributed by atoms with Gasteiger partial charge in [0, 0.05) is 0 Å². The summed E-state index contributed by atoms with van der Waals surface area (Å²) in [6, 6.07) is 0. The molecule has 4 N–H and O–H groups in total. The fraction of sp³-hybridized carbons (Fsp3) is 1.00. The minimum absolute atomic E-state index is 0. The van der Waals surface area contributed by atoms with Gasteiger partial charge >= 0.3 is 0 Å². The first-order valence-corrected chi connectivity index (χ1v) is 2.66. The van der Waals surface area contributed by atoms with Crippen LogP contribution in [0.25, 0.3) is 0 Å². The van der Waals surface area contributed by atoms with Crippen LogP contribution in [0.15, 0.2) is 0 Å². The van der Waals surface area contributed by atoms with Crippen LogP contribution >= 0.6 is 0 Å². The highest BCUT2D eigenvalue weighted by atomic mass is 16.3. The summed E-state index contributed by atoms with van der Waals surface area (Å²) in [6.07, 6.45) is -0.157. The molecule has 0 saturated carbocycles. The van der Waals surface area contributed by atoms with Crippen LogP contribution in [-0.2, 0) is 0 Å². The van der Waals surface area contributed by atoms with Gasteiger partial charge in [-0.05, 0) is 0 Å². The summed E-state index contributed by atoms with van der Waals surface area (Å²) in [5, 5.41) is 8.53. The molecule has 0 spiro atoms. The Labute approximate surface area is 55.8 Å². The number of quaternary nitrogens is 1. The highest BCUT2D eigenvalue weighted by molar-refractivity contribution is 4.39. The number of hydrogen-bond acceptors (Lipinski definition) is 3. The predicted octanol–water partition coefficient (Wildman–Crippen LogP) is -1.21. The normalized spacial score (nSPS) is 14.3. The molecular weight excluding hydrogens is 120 g/mol. The van der Waals surface area contributed by atoms with E-state index in [-0.39, 0.29) is 18.2 Å². The van der Waals surface area contributed by atoms with E-state index in [4.69, 9.17) is 10.8 Å². The van der Waals surface area contributed by atoms with Gasteiger partial charge in [-0.15, -0.1) is 0 Å². The number of nitrogens with two attached hydrogens (primary N) is 1. The minimum Gasteiger partial charge on any atom is -0.870 e. The summed E-state index contributed by atoms with van der Waals surface area (Å²) in [7, 11) is 5.84. The summed E-state index contributed by atoms with van der Waals surface area (Å²) >= 11 is 0. The second-order valence-corrected chi connectivity index (χ2v) is 2.87. The number of aliphatic hydroxyl groups excluding tert-OH is 1. The van der Waals surface area contributed by atoms with E-state index in [0.717, 1.165) is 0 Å². The van der Waals surface area contributed by atoms with Crippen molar-refractivity contribution < 1.29 is 15.1 Å². The van der Waals surface area contributed by atoms with E-state index in [1.54, 1.807) is 0 Å². The predicted molar refractivity (Wildman–Crippen MR) is 35.0 cm³/mol. The molecule has 0 aliphatic heterocycles. The van der Waals surface area contributed by atoms with Crippen molar-refractivity contribution in [2.24, 2.45) is 5.73 Å². The van der Waals surface area contributed by atoms with Crippen molar-refractivity contribution >= 4 is 0 Å². The largest absolute Gasteiger partial charge is 0.870 e. The fourth-order valence-corrected chi connectivity index (χ4v) is 0.245. The van der Waals surface area contributed by atoms with E-state index in [0.29, 0.717) is 4.48 Å². The van der Waals surface area contributed by atoms with Crippen LogP contribution in [0.3, 0.4) is 0 Å². The maximum Gasteiger partial charge on any atom is 0.163 e. The first-order chi connectivity index (χ1) is 3.48. The average Bonchev–Trinajstić information content (AvgIpc) is 1.62. The Bertz CT molecular complexity index is 69.8. The Kier molecular flexibility index (Phi) is 4.89. The van der Waals surface area contributed by atoms with E-state index >= 15 is 0 Å². The van der Waals surface area contributed by atoms with Gasteiger partial charge in [0.05, 0.1) is 21.1 Å². The lowest BCUT2D eigenvalue weighted by molar-refractivity contribution is -0.896. The molecule has 4 nitrogen and oxygen atoms in total. The molecule has 0 aromatic carbocycles. The molecule has 0 aromatic heterocycles. The van der Waals surface area contributed by atoms with Crippen molar-refractivity contribution in [1.82, 2.24) is 0 Å². The van der Waals surface area contributed by atoms with Gasteiger partial charge in [-0.25, -0.2) is 0 Å². The topological polar surface area (TPSA) is 76.2 Å². The molecule has 4 heteroatoms. The van der Waals surface area contributed by atoms with Crippen LogP contribution in [0.2, 0.25) is 0 Å². The lowest BCUT2D eigenvalue weighted by atomic mass is 10.4. The van der Waals surface area contributed by atoms with Gasteiger partial charge in [-0.2, -0.15) is 0 Å². The minimum atomic E-state index is -0.157. The van der Waals surface area contributed by atoms with Crippen LogP contribution in [0, 0.1) is 0 Å². The standard InChI is InChI=1S/C5H15N2O.H2O/c1-7(2,3)5(6)4-8;/h5,8H,4,6H2,1-3H3;1H2/q+1;/p-1. The third kappa shape index (κ3) is 4.35. The summed E-state index contributed by atoms with van der Waals surface area (Å²) in [4.78, 5) is 0. The van der Waals surface area contributed by atoms with Crippen LogP contribution in [0.4, 0.5) is 0 Å². The number of likely N-dealkylation sites (N-methyl/N-ethyl adjacent to an activating group) is 1. The van der Waals surface area contributed by atoms with Crippen LogP contribution in [0.5, 0.6) is 0 Å². The molecule has 0 radical (unpaired) electrons. The van der Waals surface area contributed by atoms with Gasteiger partial charge in [0.2, 0.25) is 0 Å². The molecule has 0 heterocycles. The highest BCUT2D eigenvalue weighted by Crippen LogP contribution is 1.92. The maximum absolute atomic E-state index is 8.53. The number of hydrogen-bond donors (Lipinski definition) is 2. The van der Waals surface area contributed by atoms with Gasteiger partial charge in [-0.3, -0.25) is 5.73 Å². The molecule has 0 rings (SSSR count). The van der Waals surface area contributed by atoms with Crippen LogP contribution in [0.1, 0.15) is 0 Å². The molecule has 0 aromatic rings. The third-order valence-electron chi connectivity index (χ3n) is 1.18. The Balaban J connectivity index is 0. The van der Waals surface area contributed by atoms with Gasteiger partial charge < -0.3 is 15.1 Å². The van der Waals surface area contributed by atoms with Crippen molar-refractivity contribution in [2.45, 2.75) is 6.17 Å². The molecule has 0 fully saturated rings. The molecule has 1 unspecified atom stereocenters. The monoisotopic (exact) mass is 136 g/mol. The molecular formula is C5H16N2O2. The Morgan fingerprint density at radius 1 is 1.44 bits per heavy atom. The Hall–Kier alpha value is -0.160. The lowest BCUT2D eigenvalue weighted by Gasteiger charge is -2.29. The molecule has 0 aliphatic rings. The Morgan fingerprint density at radius 3 is 1.78 bits per heavy atom. The number of aliphatic hydroxyl groups is 1. The second kappa shape index (κ2) is 3.79. The molecule has 0 bridgehead atoms. The molecule has 0 saturated heterocycles. The number of rotatable bonds is 2. The van der Waals surface area contributed by atoms with Crippen molar-refractivity contribution in [2.75, 3.05) is 27.7 Å². The molecule has 58 valence electrons. The molecule has 0 amide bonds. The van der Waals surface area contributed by atoms with Crippen molar-refractivity contribution in [1.29, 1.82) is 0 Å². The van der Waals surface area contributed by atoms with Crippen molar-refractivity contribution in [3.63, 3.8) is 0 Å². The first-order valence-electron chi connectivity index (χ1n) is 2.66. The molecule has 9 heavy (non-hydrogen) atoms. The van der Waals surface area contributed by atoms with Crippen molar-refractivity contribution in [3.05, 3.63) is 0 Å². The first kappa shape index (κ1) is 11.6. The summed E-state index contributed by atoms with van der Waals surface area (Å²) in [5.41, 5.74) is 5.47. The fourth-order valence-electron chi connectivity index (χ4n) is 0.245. The van der Waals surface area contributed by atoms with E-state index in [2.05, 4.69) is 0 Å². The zero-order valence-electron chi connectivity index (χ0n) is 6.20. The summed E-state index contributed by atoms with van der Waals surface area (Å²) in [5.74, 6) is 0. The third-order valence-corrected chi connectivity index (χ3v) is 1.18. The van der Waals surface area contributed by atoms with Gasteiger partial charge in [0.15, 0.2) is 6.17 Å². The maximum atomic E-state index is 8.53. The second-order valence-electron chi connectivity index (χ2n) is 2.87. The van der Waals surface area contributed by atoms with E-state index < -0.39 is 0 Å². The van der Waals surface area contributed by atoms with E-state index in [1.807, 2.05) is 21.1 Å². The smallest absolute Gasteiger partial charge is 0.163 e. The van der Waals surface area contributed by atoms with Crippen LogP contribution < -0.4 is 5.73 Å². The van der Waals surface area contributed by atoms with Gasteiger partial charge in [0.25, 0.3) is 0 Å². The molecule has 1 atom stereocenters. The quantitative estimate of drug-likeness (QED) is 0.369. The van der Waals surface area contributed by atoms with Gasteiger partial charge in [0.1, 0.15) is 6.61 Å². The lowest BCUT2D eigenvalue weighted by Crippen LogP contribution is -2.52. The average molecular weight is 136 g/mol. The summed E-state index contributed by atoms with van der Waals surface area (Å²) in [6.45, 7) is 0.0451. The SMILES string of the molecule is C[N+](C)(C)C(N)CO.[OH-]. The number of nitrogens with zero attached hydrogens (tertiary/aromatic N) is 1. The summed E-state index contributed by atoms with van der Waals surface area (Å²) < 4.78 is 0.608. The Morgan fingerprint density at radius 2 is 1.78 bits per heavy atom. The van der Waals surface area contributed by atoms with E-state index in [1.165, 1.54) is 0 Å². The zero-order valence-corrected chi connectivity index (χ0v) is 6.20. The highest BCUT2D eigenvalue weighted by Gasteiger charge is 2.16. The zero-order chi connectivity index (χ0) is 6.78.